The topological polar surface area (TPSA) is 39.9 Å². The van der Waals surface area contributed by atoms with E-state index in [0.29, 0.717) is 0 Å². The number of ether oxygens (including phenoxy) is 1. The lowest BCUT2D eigenvalue weighted by molar-refractivity contribution is 0.412. The van der Waals surface area contributed by atoms with Crippen LogP contribution in [0.5, 0.6) is 5.75 Å². The Kier molecular flexibility index (Phi) is 3.61. The molecule has 114 valence electrons. The van der Waals surface area contributed by atoms with Gasteiger partial charge in [0.25, 0.3) is 0 Å². The van der Waals surface area contributed by atoms with Crippen molar-refractivity contribution in [2.75, 3.05) is 7.11 Å². The second-order valence-corrected chi connectivity index (χ2v) is 5.60. The highest BCUT2D eigenvalue weighted by molar-refractivity contribution is 5.89. The molecule has 0 saturated heterocycles. The Bertz CT molecular complexity index is 849. The Morgan fingerprint density at radius 3 is 2.55 bits per heavy atom. The second kappa shape index (κ2) is 5.44. The van der Waals surface area contributed by atoms with Gasteiger partial charge in [0, 0.05) is 18.0 Å². The van der Waals surface area contributed by atoms with Gasteiger partial charge in [-0.3, -0.25) is 4.68 Å². The molecule has 0 N–H and O–H groups in total. The molecule has 2 heterocycles. The Morgan fingerprint density at radius 2 is 1.95 bits per heavy atom. The van der Waals surface area contributed by atoms with Crippen molar-refractivity contribution in [2.24, 2.45) is 7.05 Å². The van der Waals surface area contributed by atoms with Gasteiger partial charge in [-0.05, 0) is 50.1 Å². The first-order chi connectivity index (χ1) is 10.5. The highest BCUT2D eigenvalue weighted by Gasteiger charge is 2.13. The summed E-state index contributed by atoms with van der Waals surface area (Å²) in [6.45, 7) is 6.23. The van der Waals surface area contributed by atoms with Crippen LogP contribution in [-0.2, 0) is 13.5 Å². The zero-order chi connectivity index (χ0) is 15.9. The molecular formula is C18H21N3O. The number of benzene rings is 1. The summed E-state index contributed by atoms with van der Waals surface area (Å²) >= 11 is 0. The Labute approximate surface area is 130 Å². The van der Waals surface area contributed by atoms with Gasteiger partial charge < -0.3 is 4.74 Å². The van der Waals surface area contributed by atoms with E-state index >= 15 is 0 Å². The summed E-state index contributed by atoms with van der Waals surface area (Å²) in [6, 6.07) is 8.37. The number of hydrogen-bond donors (Lipinski definition) is 0. The molecule has 0 saturated carbocycles. The molecule has 2 aromatic heterocycles. The number of pyridine rings is 1. The maximum absolute atomic E-state index is 5.44. The summed E-state index contributed by atoms with van der Waals surface area (Å²) in [7, 11) is 3.65. The van der Waals surface area contributed by atoms with Crippen molar-refractivity contribution in [3.8, 4) is 17.1 Å². The van der Waals surface area contributed by atoms with E-state index in [-0.39, 0.29) is 0 Å². The van der Waals surface area contributed by atoms with Gasteiger partial charge in [0.15, 0.2) is 0 Å². The van der Waals surface area contributed by atoms with Gasteiger partial charge in [0.2, 0.25) is 0 Å². The number of aromatic nitrogens is 3. The smallest absolute Gasteiger partial charge is 0.123 e. The summed E-state index contributed by atoms with van der Waals surface area (Å²) in [5, 5.41) is 5.63. The van der Waals surface area contributed by atoms with E-state index in [1.807, 2.05) is 24.7 Å². The van der Waals surface area contributed by atoms with E-state index in [9.17, 15) is 0 Å². The van der Waals surface area contributed by atoms with E-state index in [1.54, 1.807) is 7.11 Å². The van der Waals surface area contributed by atoms with E-state index in [4.69, 9.17) is 9.72 Å². The molecule has 0 fully saturated rings. The lowest BCUT2D eigenvalue weighted by Gasteiger charge is -2.12. The number of nitrogens with zero attached hydrogens (tertiary/aromatic N) is 3. The van der Waals surface area contributed by atoms with Crippen LogP contribution in [-0.4, -0.2) is 21.9 Å². The molecule has 0 unspecified atom stereocenters. The fourth-order valence-electron chi connectivity index (χ4n) is 2.98. The molecule has 0 radical (unpaired) electrons. The number of fused-ring (bicyclic) bond motifs is 1. The standard InChI is InChI=1S/C18H21N3O/c1-6-13-10-15(16-9-11(2)20-21(16)4)19-18-12(3)17(22-5)8-7-14(13)18/h7-10H,6H2,1-5H3. The molecule has 0 amide bonds. The third kappa shape index (κ3) is 2.25. The minimum atomic E-state index is 0.875. The quantitative estimate of drug-likeness (QED) is 0.737. The first kappa shape index (κ1) is 14.6. The largest absolute Gasteiger partial charge is 0.496 e. The first-order valence-corrected chi connectivity index (χ1v) is 7.53. The van der Waals surface area contributed by atoms with Gasteiger partial charge in [-0.1, -0.05) is 6.92 Å². The van der Waals surface area contributed by atoms with E-state index in [0.717, 1.165) is 40.3 Å². The average molecular weight is 295 g/mol. The van der Waals surface area contributed by atoms with Crippen molar-refractivity contribution in [1.82, 2.24) is 14.8 Å². The van der Waals surface area contributed by atoms with Crippen molar-refractivity contribution >= 4 is 10.9 Å². The molecule has 0 aliphatic carbocycles. The van der Waals surface area contributed by atoms with Crippen LogP contribution >= 0.6 is 0 Å². The van der Waals surface area contributed by atoms with Crippen LogP contribution in [0.3, 0.4) is 0 Å². The van der Waals surface area contributed by atoms with Gasteiger partial charge in [0.05, 0.1) is 29.7 Å². The van der Waals surface area contributed by atoms with Crippen LogP contribution in [0.15, 0.2) is 24.3 Å². The molecule has 0 aliphatic rings. The van der Waals surface area contributed by atoms with Gasteiger partial charge in [-0.25, -0.2) is 4.98 Å². The van der Waals surface area contributed by atoms with Gasteiger partial charge in [-0.2, -0.15) is 5.10 Å². The SMILES string of the molecule is CCc1cc(-c2cc(C)nn2C)nc2c(C)c(OC)ccc12. The van der Waals surface area contributed by atoms with E-state index in [1.165, 1.54) is 10.9 Å². The van der Waals surface area contributed by atoms with Crippen molar-refractivity contribution in [2.45, 2.75) is 27.2 Å². The van der Waals surface area contributed by atoms with Gasteiger partial charge in [0.1, 0.15) is 5.75 Å². The number of hydrogen-bond acceptors (Lipinski definition) is 3. The highest BCUT2D eigenvalue weighted by atomic mass is 16.5. The molecule has 0 spiro atoms. The zero-order valence-corrected chi connectivity index (χ0v) is 13.8. The van der Waals surface area contributed by atoms with Crippen LogP contribution in [0.2, 0.25) is 0 Å². The zero-order valence-electron chi connectivity index (χ0n) is 13.8. The van der Waals surface area contributed by atoms with Crippen LogP contribution < -0.4 is 4.74 Å². The first-order valence-electron chi connectivity index (χ1n) is 7.53. The lowest BCUT2D eigenvalue weighted by Crippen LogP contribution is -1.99. The summed E-state index contributed by atoms with van der Waals surface area (Å²) in [4.78, 5) is 4.90. The molecule has 0 bridgehead atoms. The van der Waals surface area contributed by atoms with Crippen molar-refractivity contribution in [3.63, 3.8) is 0 Å². The molecule has 3 aromatic rings. The minimum Gasteiger partial charge on any atom is -0.496 e. The second-order valence-electron chi connectivity index (χ2n) is 5.60. The van der Waals surface area contributed by atoms with Crippen LogP contribution in [0, 0.1) is 13.8 Å². The monoisotopic (exact) mass is 295 g/mol. The highest BCUT2D eigenvalue weighted by Crippen LogP contribution is 2.31. The average Bonchev–Trinajstić information content (AvgIpc) is 2.85. The van der Waals surface area contributed by atoms with Crippen LogP contribution in [0.1, 0.15) is 23.7 Å². The molecular weight excluding hydrogens is 274 g/mol. The van der Waals surface area contributed by atoms with E-state index in [2.05, 4.69) is 37.1 Å². The summed E-state index contributed by atoms with van der Waals surface area (Å²) in [6.07, 6.45) is 0.967. The lowest BCUT2D eigenvalue weighted by atomic mass is 10.0. The maximum Gasteiger partial charge on any atom is 0.123 e. The predicted molar refractivity (Wildman–Crippen MR) is 89.3 cm³/mol. The summed E-state index contributed by atoms with van der Waals surface area (Å²) in [5.41, 5.74) is 6.38. The summed E-state index contributed by atoms with van der Waals surface area (Å²) in [5.74, 6) is 0.875. The van der Waals surface area contributed by atoms with E-state index < -0.39 is 0 Å². The summed E-state index contributed by atoms with van der Waals surface area (Å²) < 4.78 is 7.33. The van der Waals surface area contributed by atoms with Crippen molar-refractivity contribution < 1.29 is 4.74 Å². The molecule has 3 rings (SSSR count). The predicted octanol–water partition coefficient (Wildman–Crippen LogP) is 3.82. The number of aryl methyl sites for hydroxylation is 4. The third-order valence-corrected chi connectivity index (χ3v) is 4.14. The molecule has 0 aliphatic heterocycles. The Balaban J connectivity index is 2.33. The fourth-order valence-corrected chi connectivity index (χ4v) is 2.98. The molecule has 4 nitrogen and oxygen atoms in total. The maximum atomic E-state index is 5.44. The fraction of sp³-hybridized carbons (Fsp3) is 0.333. The van der Waals surface area contributed by atoms with Gasteiger partial charge >= 0.3 is 0 Å². The molecule has 22 heavy (non-hydrogen) atoms. The number of methoxy groups -OCH3 is 1. The molecule has 4 heteroatoms. The number of rotatable bonds is 3. The van der Waals surface area contributed by atoms with Crippen molar-refractivity contribution in [1.29, 1.82) is 0 Å². The Morgan fingerprint density at radius 1 is 1.18 bits per heavy atom. The molecule has 1 aromatic carbocycles. The normalized spacial score (nSPS) is 11.1. The third-order valence-electron chi connectivity index (χ3n) is 4.14. The van der Waals surface area contributed by atoms with Crippen LogP contribution in [0.4, 0.5) is 0 Å². The van der Waals surface area contributed by atoms with Crippen LogP contribution in [0.25, 0.3) is 22.3 Å². The minimum absolute atomic E-state index is 0.875. The molecule has 0 atom stereocenters. The van der Waals surface area contributed by atoms with Gasteiger partial charge in [-0.15, -0.1) is 0 Å². The van der Waals surface area contributed by atoms with Crippen molar-refractivity contribution in [3.05, 3.63) is 41.1 Å². The Hall–Kier alpha value is -2.36.